The first-order valence-electron chi connectivity index (χ1n) is 4.97. The summed E-state index contributed by atoms with van der Waals surface area (Å²) in [5, 5.41) is 0. The van der Waals surface area contributed by atoms with Crippen molar-refractivity contribution in [2.24, 2.45) is 5.92 Å². The lowest BCUT2D eigenvalue weighted by atomic mass is 9.90. The molecule has 0 fully saturated rings. The van der Waals surface area contributed by atoms with Crippen LogP contribution in [0, 0.1) is 5.92 Å². The van der Waals surface area contributed by atoms with Gasteiger partial charge in [0.2, 0.25) is 0 Å². The molecule has 2 rings (SSSR count). The highest BCUT2D eigenvalue weighted by atomic mass is 79.9. The summed E-state index contributed by atoms with van der Waals surface area (Å²) in [5.74, 6) is 1.53. The maximum Gasteiger partial charge on any atom is 0.0212 e. The second-order valence-electron chi connectivity index (χ2n) is 4.20. The minimum Gasteiger partial charge on any atom is -0.0622 e. The van der Waals surface area contributed by atoms with Gasteiger partial charge in [-0.05, 0) is 41.9 Å². The third kappa shape index (κ3) is 1.54. The number of aryl methyl sites for hydroxylation is 1. The Morgan fingerprint density at radius 2 is 2.15 bits per heavy atom. The number of hydrogen-bond donors (Lipinski definition) is 0. The number of fused-ring (bicyclic) bond motifs is 1. The minimum absolute atomic E-state index is 0.764. The van der Waals surface area contributed by atoms with Gasteiger partial charge in [-0.3, -0.25) is 0 Å². The zero-order chi connectivity index (χ0) is 9.42. The second kappa shape index (κ2) is 3.45. The number of hydrogen-bond acceptors (Lipinski definition) is 0. The Balaban J connectivity index is 2.46. The Bertz CT molecular complexity index is 315. The molecule has 1 aliphatic carbocycles. The highest BCUT2D eigenvalue weighted by molar-refractivity contribution is 9.10. The fourth-order valence-corrected chi connectivity index (χ4v) is 3.04. The fourth-order valence-electron chi connectivity index (χ4n) is 2.34. The van der Waals surface area contributed by atoms with E-state index in [2.05, 4.69) is 48.0 Å². The van der Waals surface area contributed by atoms with E-state index in [9.17, 15) is 0 Å². The molecule has 0 aromatic heterocycles. The fraction of sp³-hybridized carbons (Fsp3) is 0.500. The summed E-state index contributed by atoms with van der Waals surface area (Å²) >= 11 is 3.66. The predicted molar refractivity (Wildman–Crippen MR) is 60.0 cm³/mol. The van der Waals surface area contributed by atoms with Crippen LogP contribution in [-0.4, -0.2) is 0 Å². The molecule has 0 saturated heterocycles. The quantitative estimate of drug-likeness (QED) is 0.691. The summed E-state index contributed by atoms with van der Waals surface area (Å²) in [6.45, 7) is 4.64. The molecule has 0 heterocycles. The van der Waals surface area contributed by atoms with Gasteiger partial charge in [0.25, 0.3) is 0 Å². The lowest BCUT2D eigenvalue weighted by molar-refractivity contribution is 0.494. The van der Waals surface area contributed by atoms with Crippen molar-refractivity contribution in [2.45, 2.75) is 32.6 Å². The molecule has 1 aliphatic rings. The van der Waals surface area contributed by atoms with Crippen LogP contribution in [0.1, 0.15) is 37.3 Å². The van der Waals surface area contributed by atoms with Gasteiger partial charge >= 0.3 is 0 Å². The molecule has 0 bridgehead atoms. The van der Waals surface area contributed by atoms with Gasteiger partial charge in [-0.15, -0.1) is 0 Å². The molecule has 1 aromatic rings. The van der Waals surface area contributed by atoms with Gasteiger partial charge in [0, 0.05) is 4.47 Å². The third-order valence-corrected chi connectivity index (χ3v) is 3.73. The Hall–Kier alpha value is -0.300. The van der Waals surface area contributed by atoms with E-state index in [1.54, 1.807) is 11.1 Å². The summed E-state index contributed by atoms with van der Waals surface area (Å²) in [6, 6.07) is 6.58. The van der Waals surface area contributed by atoms with Gasteiger partial charge in [-0.1, -0.05) is 41.9 Å². The van der Waals surface area contributed by atoms with Gasteiger partial charge in [0.15, 0.2) is 0 Å². The first-order valence-corrected chi connectivity index (χ1v) is 5.76. The molecule has 1 heteroatoms. The molecular formula is C12H15Br. The van der Waals surface area contributed by atoms with Crippen LogP contribution in [0.5, 0.6) is 0 Å². The van der Waals surface area contributed by atoms with Crippen LogP contribution in [0.15, 0.2) is 22.7 Å². The molecule has 0 radical (unpaired) electrons. The molecule has 1 unspecified atom stereocenters. The lowest BCUT2D eigenvalue weighted by Crippen LogP contribution is -2.02. The van der Waals surface area contributed by atoms with Crippen molar-refractivity contribution in [2.75, 3.05) is 0 Å². The van der Waals surface area contributed by atoms with E-state index in [1.807, 2.05) is 0 Å². The van der Waals surface area contributed by atoms with E-state index < -0.39 is 0 Å². The largest absolute Gasteiger partial charge is 0.0622 e. The molecule has 0 saturated carbocycles. The van der Waals surface area contributed by atoms with Crippen molar-refractivity contribution >= 4 is 15.9 Å². The van der Waals surface area contributed by atoms with Gasteiger partial charge < -0.3 is 0 Å². The second-order valence-corrected chi connectivity index (χ2v) is 5.06. The Morgan fingerprint density at radius 1 is 1.38 bits per heavy atom. The van der Waals surface area contributed by atoms with Crippen molar-refractivity contribution in [1.29, 1.82) is 0 Å². The van der Waals surface area contributed by atoms with E-state index in [0.29, 0.717) is 0 Å². The summed E-state index contributed by atoms with van der Waals surface area (Å²) in [4.78, 5) is 0. The number of halogens is 1. The van der Waals surface area contributed by atoms with E-state index in [1.165, 1.54) is 17.3 Å². The molecule has 0 nitrogen and oxygen atoms in total. The van der Waals surface area contributed by atoms with Crippen LogP contribution in [-0.2, 0) is 6.42 Å². The zero-order valence-electron chi connectivity index (χ0n) is 8.18. The normalized spacial score (nSPS) is 20.8. The predicted octanol–water partition coefficient (Wildman–Crippen LogP) is 4.13. The van der Waals surface area contributed by atoms with Crippen molar-refractivity contribution < 1.29 is 0 Å². The Labute approximate surface area is 88.5 Å². The zero-order valence-corrected chi connectivity index (χ0v) is 9.76. The van der Waals surface area contributed by atoms with Crippen molar-refractivity contribution in [3.63, 3.8) is 0 Å². The molecule has 13 heavy (non-hydrogen) atoms. The van der Waals surface area contributed by atoms with E-state index >= 15 is 0 Å². The molecule has 1 aromatic carbocycles. The average molecular weight is 239 g/mol. The van der Waals surface area contributed by atoms with Gasteiger partial charge in [0.05, 0.1) is 0 Å². The topological polar surface area (TPSA) is 0 Å². The number of benzene rings is 1. The van der Waals surface area contributed by atoms with Crippen LogP contribution in [0.25, 0.3) is 0 Å². The first-order chi connectivity index (χ1) is 6.20. The van der Waals surface area contributed by atoms with Crippen molar-refractivity contribution in [1.82, 2.24) is 0 Å². The highest BCUT2D eigenvalue weighted by Crippen LogP contribution is 2.41. The Kier molecular flexibility index (Phi) is 2.46. The standard InChI is InChI=1S/C12H15Br/c1-8(2)10-7-6-9-4-3-5-11(13)12(9)10/h3-5,8,10H,6-7H2,1-2H3. The van der Waals surface area contributed by atoms with E-state index in [0.717, 1.165) is 11.8 Å². The van der Waals surface area contributed by atoms with Crippen molar-refractivity contribution in [3.05, 3.63) is 33.8 Å². The van der Waals surface area contributed by atoms with Crippen LogP contribution in [0.2, 0.25) is 0 Å². The van der Waals surface area contributed by atoms with Crippen LogP contribution < -0.4 is 0 Å². The summed E-state index contributed by atoms with van der Waals surface area (Å²) in [7, 11) is 0. The molecular weight excluding hydrogens is 224 g/mol. The van der Waals surface area contributed by atoms with Gasteiger partial charge in [-0.25, -0.2) is 0 Å². The van der Waals surface area contributed by atoms with E-state index in [4.69, 9.17) is 0 Å². The smallest absolute Gasteiger partial charge is 0.0212 e. The van der Waals surface area contributed by atoms with Crippen molar-refractivity contribution in [3.8, 4) is 0 Å². The van der Waals surface area contributed by atoms with Gasteiger partial charge in [0.1, 0.15) is 0 Å². The summed E-state index contributed by atoms with van der Waals surface area (Å²) < 4.78 is 1.31. The minimum atomic E-state index is 0.764. The van der Waals surface area contributed by atoms with Crippen LogP contribution in [0.4, 0.5) is 0 Å². The molecule has 0 N–H and O–H groups in total. The lowest BCUT2D eigenvalue weighted by Gasteiger charge is -2.16. The molecule has 0 amide bonds. The number of rotatable bonds is 1. The monoisotopic (exact) mass is 238 g/mol. The molecule has 0 aliphatic heterocycles. The molecule has 1 atom stereocenters. The average Bonchev–Trinajstić information content (AvgIpc) is 2.49. The highest BCUT2D eigenvalue weighted by Gasteiger charge is 2.26. The maximum atomic E-state index is 3.66. The summed E-state index contributed by atoms with van der Waals surface area (Å²) in [6.07, 6.45) is 2.59. The summed E-state index contributed by atoms with van der Waals surface area (Å²) in [5.41, 5.74) is 3.12. The van der Waals surface area contributed by atoms with E-state index in [-0.39, 0.29) is 0 Å². The SMILES string of the molecule is CC(C)C1CCc2cccc(Br)c21. The Morgan fingerprint density at radius 3 is 2.85 bits per heavy atom. The van der Waals surface area contributed by atoms with Gasteiger partial charge in [-0.2, -0.15) is 0 Å². The third-order valence-electron chi connectivity index (χ3n) is 3.04. The first kappa shape index (κ1) is 9.26. The molecule has 0 spiro atoms. The van der Waals surface area contributed by atoms with Crippen LogP contribution >= 0.6 is 15.9 Å². The maximum absolute atomic E-state index is 3.66. The molecule has 70 valence electrons. The van der Waals surface area contributed by atoms with Crippen LogP contribution in [0.3, 0.4) is 0 Å².